The fourth-order valence-corrected chi connectivity index (χ4v) is 2.57. The van der Waals surface area contributed by atoms with Gasteiger partial charge in [0.2, 0.25) is 0 Å². The number of para-hydroxylation sites is 1. The number of benzene rings is 3. The van der Waals surface area contributed by atoms with Crippen LogP contribution in [0.4, 0.5) is 0 Å². The predicted octanol–water partition coefficient (Wildman–Crippen LogP) is 4.25. The molecule has 0 unspecified atom stereocenters. The van der Waals surface area contributed by atoms with Crippen molar-refractivity contribution in [3.05, 3.63) is 77.9 Å². The molecule has 0 aliphatic rings. The SMILES string of the molecule is O=C(O)c1ccccc1Oc1ccc(O)cc1-c1ccccc1C(=O)O. The third-order valence-corrected chi connectivity index (χ3v) is 3.75. The average Bonchev–Trinajstić information content (AvgIpc) is 2.63. The van der Waals surface area contributed by atoms with Crippen molar-refractivity contribution >= 4 is 11.9 Å². The maximum Gasteiger partial charge on any atom is 0.339 e. The Bertz CT molecular complexity index is 993. The molecule has 0 amide bonds. The first kappa shape index (κ1) is 17.0. The van der Waals surface area contributed by atoms with Gasteiger partial charge in [-0.15, -0.1) is 0 Å². The van der Waals surface area contributed by atoms with Crippen LogP contribution in [-0.4, -0.2) is 27.3 Å². The Labute approximate surface area is 148 Å². The molecule has 3 rings (SSSR count). The van der Waals surface area contributed by atoms with Gasteiger partial charge in [-0.3, -0.25) is 0 Å². The van der Waals surface area contributed by atoms with Crippen molar-refractivity contribution < 1.29 is 29.6 Å². The number of carboxylic acid groups (broad SMARTS) is 2. The molecule has 0 aliphatic carbocycles. The van der Waals surface area contributed by atoms with Crippen LogP contribution in [0, 0.1) is 0 Å². The minimum atomic E-state index is -1.15. The van der Waals surface area contributed by atoms with E-state index in [2.05, 4.69) is 0 Å². The number of phenols is 1. The van der Waals surface area contributed by atoms with Gasteiger partial charge < -0.3 is 20.1 Å². The van der Waals surface area contributed by atoms with E-state index in [1.165, 1.54) is 36.4 Å². The molecule has 0 bridgehead atoms. The number of carbonyl (C=O) groups is 2. The van der Waals surface area contributed by atoms with Crippen LogP contribution in [0.25, 0.3) is 11.1 Å². The molecule has 0 radical (unpaired) electrons. The van der Waals surface area contributed by atoms with Gasteiger partial charge in [-0.1, -0.05) is 30.3 Å². The lowest BCUT2D eigenvalue weighted by Gasteiger charge is -2.15. The van der Waals surface area contributed by atoms with Crippen LogP contribution in [0.1, 0.15) is 20.7 Å². The second-order valence-electron chi connectivity index (χ2n) is 5.43. The summed E-state index contributed by atoms with van der Waals surface area (Å²) in [5.41, 5.74) is 0.689. The smallest absolute Gasteiger partial charge is 0.339 e. The van der Waals surface area contributed by atoms with E-state index in [4.69, 9.17) is 4.74 Å². The van der Waals surface area contributed by atoms with Gasteiger partial charge in [0, 0.05) is 11.1 Å². The fraction of sp³-hybridized carbons (Fsp3) is 0. The van der Waals surface area contributed by atoms with Gasteiger partial charge in [-0.05, 0) is 36.4 Å². The Kier molecular flexibility index (Phi) is 4.57. The molecule has 3 aromatic rings. The van der Waals surface area contributed by atoms with E-state index in [1.54, 1.807) is 30.3 Å². The van der Waals surface area contributed by atoms with E-state index in [-0.39, 0.29) is 28.4 Å². The van der Waals surface area contributed by atoms with E-state index in [0.717, 1.165) is 0 Å². The number of rotatable bonds is 5. The third-order valence-electron chi connectivity index (χ3n) is 3.75. The highest BCUT2D eigenvalue weighted by atomic mass is 16.5. The number of aromatic hydroxyl groups is 1. The molecule has 6 nitrogen and oxygen atoms in total. The monoisotopic (exact) mass is 350 g/mol. The lowest BCUT2D eigenvalue weighted by molar-refractivity contribution is 0.0685. The van der Waals surface area contributed by atoms with Gasteiger partial charge in [0.15, 0.2) is 0 Å². The van der Waals surface area contributed by atoms with Gasteiger partial charge in [-0.25, -0.2) is 9.59 Å². The maximum absolute atomic E-state index is 11.5. The molecule has 0 saturated carbocycles. The van der Waals surface area contributed by atoms with Gasteiger partial charge in [0.25, 0.3) is 0 Å². The van der Waals surface area contributed by atoms with Crippen molar-refractivity contribution in [2.24, 2.45) is 0 Å². The summed E-state index contributed by atoms with van der Waals surface area (Å²) in [6.07, 6.45) is 0. The summed E-state index contributed by atoms with van der Waals surface area (Å²) in [6, 6.07) is 16.6. The Morgan fingerprint density at radius 1 is 0.692 bits per heavy atom. The Balaban J connectivity index is 2.15. The Morgan fingerprint density at radius 2 is 1.31 bits per heavy atom. The first-order valence-corrected chi connectivity index (χ1v) is 7.63. The van der Waals surface area contributed by atoms with Crippen molar-refractivity contribution in [1.29, 1.82) is 0 Å². The standard InChI is InChI=1S/C20H14O6/c21-12-9-10-18(26-17-8-4-3-7-15(17)20(24)25)16(11-12)13-5-1-2-6-14(13)19(22)23/h1-11,21H,(H,22,23)(H,24,25). The van der Waals surface area contributed by atoms with Crippen LogP contribution in [0.2, 0.25) is 0 Å². The van der Waals surface area contributed by atoms with E-state index in [0.29, 0.717) is 11.1 Å². The summed E-state index contributed by atoms with van der Waals surface area (Å²) < 4.78 is 5.76. The highest BCUT2D eigenvalue weighted by Gasteiger charge is 2.18. The zero-order chi connectivity index (χ0) is 18.7. The van der Waals surface area contributed by atoms with E-state index < -0.39 is 11.9 Å². The van der Waals surface area contributed by atoms with Crippen molar-refractivity contribution in [3.63, 3.8) is 0 Å². The largest absolute Gasteiger partial charge is 0.508 e. The number of aromatic carboxylic acids is 2. The number of carboxylic acids is 2. The molecule has 0 fully saturated rings. The third kappa shape index (κ3) is 3.34. The fourth-order valence-electron chi connectivity index (χ4n) is 2.57. The second-order valence-corrected chi connectivity index (χ2v) is 5.43. The number of hydrogen-bond donors (Lipinski definition) is 3. The molecule has 3 aromatic carbocycles. The second kappa shape index (κ2) is 6.98. The van der Waals surface area contributed by atoms with Gasteiger partial charge in [0.1, 0.15) is 22.8 Å². The van der Waals surface area contributed by atoms with E-state index >= 15 is 0 Å². The van der Waals surface area contributed by atoms with Crippen molar-refractivity contribution in [3.8, 4) is 28.4 Å². The normalized spacial score (nSPS) is 10.3. The predicted molar refractivity (Wildman–Crippen MR) is 94.0 cm³/mol. The minimum Gasteiger partial charge on any atom is -0.508 e. The zero-order valence-corrected chi connectivity index (χ0v) is 13.4. The molecule has 3 N–H and O–H groups in total. The van der Waals surface area contributed by atoms with E-state index in [9.17, 15) is 24.9 Å². The van der Waals surface area contributed by atoms with Gasteiger partial charge in [-0.2, -0.15) is 0 Å². The summed E-state index contributed by atoms with van der Waals surface area (Å²) in [5.74, 6) is -2.00. The number of hydrogen-bond acceptors (Lipinski definition) is 4. The quantitative estimate of drug-likeness (QED) is 0.635. The zero-order valence-electron chi connectivity index (χ0n) is 13.4. The van der Waals surface area contributed by atoms with Gasteiger partial charge in [0.05, 0.1) is 5.56 Å². The lowest BCUT2D eigenvalue weighted by Crippen LogP contribution is -2.02. The first-order chi connectivity index (χ1) is 12.5. The molecule has 26 heavy (non-hydrogen) atoms. The highest BCUT2D eigenvalue weighted by Crippen LogP contribution is 2.38. The number of ether oxygens (including phenoxy) is 1. The minimum absolute atomic E-state index is 0.0296. The Hall–Kier alpha value is -3.80. The molecule has 130 valence electrons. The van der Waals surface area contributed by atoms with Gasteiger partial charge >= 0.3 is 11.9 Å². The van der Waals surface area contributed by atoms with Crippen LogP contribution in [0.5, 0.6) is 17.2 Å². The molecular formula is C20H14O6. The number of phenolic OH excluding ortho intramolecular Hbond substituents is 1. The lowest BCUT2D eigenvalue weighted by atomic mass is 9.98. The summed E-state index contributed by atoms with van der Waals surface area (Å²) in [6.45, 7) is 0. The topological polar surface area (TPSA) is 104 Å². The molecule has 0 aromatic heterocycles. The van der Waals surface area contributed by atoms with E-state index in [1.807, 2.05) is 0 Å². The molecule has 0 saturated heterocycles. The molecular weight excluding hydrogens is 336 g/mol. The molecule has 0 atom stereocenters. The molecule has 0 aliphatic heterocycles. The first-order valence-electron chi connectivity index (χ1n) is 7.63. The van der Waals surface area contributed by atoms with Crippen LogP contribution in [0.3, 0.4) is 0 Å². The summed E-state index contributed by atoms with van der Waals surface area (Å²) in [4.78, 5) is 22.9. The van der Waals surface area contributed by atoms with Crippen molar-refractivity contribution in [1.82, 2.24) is 0 Å². The van der Waals surface area contributed by atoms with Crippen LogP contribution < -0.4 is 4.74 Å². The Morgan fingerprint density at radius 3 is 2.00 bits per heavy atom. The average molecular weight is 350 g/mol. The van der Waals surface area contributed by atoms with Crippen LogP contribution >= 0.6 is 0 Å². The maximum atomic E-state index is 11.5. The molecule has 0 spiro atoms. The van der Waals surface area contributed by atoms with Crippen molar-refractivity contribution in [2.45, 2.75) is 0 Å². The highest BCUT2D eigenvalue weighted by molar-refractivity contribution is 5.97. The van der Waals surface area contributed by atoms with Crippen LogP contribution in [-0.2, 0) is 0 Å². The molecule has 0 heterocycles. The van der Waals surface area contributed by atoms with Crippen LogP contribution in [0.15, 0.2) is 66.7 Å². The molecule has 6 heteroatoms. The summed E-state index contributed by atoms with van der Waals surface area (Å²) in [5, 5.41) is 28.5. The summed E-state index contributed by atoms with van der Waals surface area (Å²) in [7, 11) is 0. The summed E-state index contributed by atoms with van der Waals surface area (Å²) >= 11 is 0. The van der Waals surface area contributed by atoms with Crippen molar-refractivity contribution in [2.75, 3.05) is 0 Å².